The number of aliphatic hydroxyl groups is 3. The van der Waals surface area contributed by atoms with E-state index >= 15 is 0 Å². The molecule has 7 N–H and O–H groups in total. The number of ether oxygens (including phenoxy) is 4. The number of fused-ring (bicyclic) bond motifs is 9. The Hall–Kier alpha value is -4.69. The Morgan fingerprint density at radius 1 is 0.930 bits per heavy atom. The van der Waals surface area contributed by atoms with Crippen LogP contribution in [0, 0.1) is 0 Å². The predicted molar refractivity (Wildman–Crippen MR) is 215 cm³/mol. The maximum Gasteiger partial charge on any atom is 0.161 e. The van der Waals surface area contributed by atoms with Crippen LogP contribution < -0.4 is 35.4 Å². The molecular formula is C45H53N3O9. The Balaban J connectivity index is 1.33. The minimum atomic E-state index is -0.959. The first-order chi connectivity index (χ1) is 27.8. The van der Waals surface area contributed by atoms with Gasteiger partial charge >= 0.3 is 0 Å². The van der Waals surface area contributed by atoms with Gasteiger partial charge in [-0.3, -0.25) is 10.3 Å². The number of aliphatic hydroxyl groups excluding tert-OH is 3. The third kappa shape index (κ3) is 7.35. The summed E-state index contributed by atoms with van der Waals surface area (Å²) in [7, 11) is 3.73. The molecule has 8 rings (SSSR count). The Morgan fingerprint density at radius 3 is 2.60 bits per heavy atom. The summed E-state index contributed by atoms with van der Waals surface area (Å²) in [6.45, 7) is 0.938. The number of phenolic OH excluding ortho intramolecular Hbond substituents is 2. The van der Waals surface area contributed by atoms with Crippen LogP contribution in [0.1, 0.15) is 63.8 Å². The summed E-state index contributed by atoms with van der Waals surface area (Å²) in [6, 6.07) is 15.8. The summed E-state index contributed by atoms with van der Waals surface area (Å²) in [5.74, 6) is 1.85. The lowest BCUT2D eigenvalue weighted by Crippen LogP contribution is -2.54. The second kappa shape index (κ2) is 16.7. The van der Waals surface area contributed by atoms with Crippen LogP contribution in [-0.4, -0.2) is 97.6 Å². The Kier molecular flexibility index (Phi) is 11.4. The zero-order valence-electron chi connectivity index (χ0n) is 32.6. The monoisotopic (exact) mass is 779 g/mol. The van der Waals surface area contributed by atoms with Crippen molar-refractivity contribution < 1.29 is 44.5 Å². The van der Waals surface area contributed by atoms with Gasteiger partial charge in [-0.05, 0) is 134 Å². The number of hydrogen-bond acceptors (Lipinski definition) is 12. The molecule has 3 heterocycles. The number of aryl methyl sites for hydroxylation is 1. The molecule has 1 aliphatic carbocycles. The number of phenols is 2. The van der Waals surface area contributed by atoms with E-state index in [1.807, 2.05) is 32.3 Å². The second-order valence-electron chi connectivity index (χ2n) is 15.6. The molecule has 4 aliphatic rings. The quantitative estimate of drug-likeness (QED) is 0.0885. The van der Waals surface area contributed by atoms with E-state index in [-0.39, 0.29) is 62.4 Å². The molecule has 0 saturated heterocycles. The van der Waals surface area contributed by atoms with Gasteiger partial charge in [0.05, 0.1) is 31.8 Å². The highest BCUT2D eigenvalue weighted by atomic mass is 16.6. The van der Waals surface area contributed by atoms with Crippen LogP contribution in [0.15, 0.2) is 53.5 Å². The van der Waals surface area contributed by atoms with E-state index in [0.717, 1.165) is 61.7 Å². The molecule has 57 heavy (non-hydrogen) atoms. The van der Waals surface area contributed by atoms with Crippen molar-refractivity contribution in [2.24, 2.45) is 4.99 Å². The summed E-state index contributed by atoms with van der Waals surface area (Å²) in [5.41, 5.74) is 7.63. The van der Waals surface area contributed by atoms with Crippen molar-refractivity contribution in [1.29, 1.82) is 0 Å². The zero-order valence-corrected chi connectivity index (χ0v) is 32.6. The van der Waals surface area contributed by atoms with Gasteiger partial charge in [0.25, 0.3) is 0 Å². The maximum absolute atomic E-state index is 11.3. The Morgan fingerprint density at radius 2 is 1.81 bits per heavy atom. The molecule has 0 fully saturated rings. The van der Waals surface area contributed by atoms with Gasteiger partial charge in [0.1, 0.15) is 35.6 Å². The van der Waals surface area contributed by atoms with Crippen molar-refractivity contribution in [2.75, 3.05) is 60.3 Å². The minimum Gasteiger partial charge on any atom is -0.508 e. The average molecular weight is 780 g/mol. The SMILES string of the molecule is CNCOC1(CNC)Cc2c3c(c4c(c2OC1c1cc(CCCO)c(O)c(OCCO)c1)CCC(CO)O4)-c1ccc(O)cc1C(Cc1ccc2c(c1)=CCN=2)C3. The van der Waals surface area contributed by atoms with Crippen molar-refractivity contribution in [3.63, 3.8) is 0 Å². The lowest BCUT2D eigenvalue weighted by atomic mass is 9.70. The van der Waals surface area contributed by atoms with Gasteiger partial charge < -0.3 is 49.8 Å². The summed E-state index contributed by atoms with van der Waals surface area (Å²) in [5, 5.41) is 60.6. The number of aromatic hydroxyl groups is 2. The van der Waals surface area contributed by atoms with E-state index in [1.54, 1.807) is 12.1 Å². The molecule has 0 aromatic heterocycles. The molecule has 12 heteroatoms. The van der Waals surface area contributed by atoms with Gasteiger partial charge in [-0.15, -0.1) is 0 Å². The molecule has 4 aromatic rings. The number of benzene rings is 4. The first-order valence-electron chi connectivity index (χ1n) is 20.1. The van der Waals surface area contributed by atoms with Crippen LogP contribution in [0.2, 0.25) is 0 Å². The van der Waals surface area contributed by atoms with Crippen molar-refractivity contribution in [1.82, 2.24) is 10.6 Å². The second-order valence-corrected chi connectivity index (χ2v) is 15.6. The van der Waals surface area contributed by atoms with Gasteiger partial charge in [0, 0.05) is 36.3 Å². The molecule has 0 amide bonds. The zero-order chi connectivity index (χ0) is 39.7. The molecule has 302 valence electrons. The predicted octanol–water partition coefficient (Wildman–Crippen LogP) is 2.87. The van der Waals surface area contributed by atoms with Crippen molar-refractivity contribution in [2.45, 2.75) is 68.7 Å². The number of nitrogens with zero attached hydrogens (tertiary/aromatic N) is 1. The normalized spacial score (nSPS) is 21.5. The van der Waals surface area contributed by atoms with Crippen LogP contribution >= 0.6 is 0 Å². The number of rotatable bonds is 15. The van der Waals surface area contributed by atoms with Gasteiger partial charge in [0.2, 0.25) is 0 Å². The summed E-state index contributed by atoms with van der Waals surface area (Å²) in [6.07, 6.45) is 5.01. The van der Waals surface area contributed by atoms with E-state index in [2.05, 4.69) is 39.9 Å². The van der Waals surface area contributed by atoms with E-state index < -0.39 is 11.7 Å². The van der Waals surface area contributed by atoms with Gasteiger partial charge in [-0.2, -0.15) is 0 Å². The van der Waals surface area contributed by atoms with Crippen LogP contribution in [-0.2, 0) is 36.8 Å². The van der Waals surface area contributed by atoms with Crippen LogP contribution in [0.25, 0.3) is 17.2 Å². The first-order valence-corrected chi connectivity index (χ1v) is 20.1. The summed E-state index contributed by atoms with van der Waals surface area (Å²) < 4.78 is 26.8. The molecular weight excluding hydrogens is 727 g/mol. The number of likely N-dealkylation sites (N-methyl/N-ethyl adjacent to an activating group) is 1. The fourth-order valence-electron chi connectivity index (χ4n) is 9.34. The number of nitrogens with one attached hydrogen (secondary N) is 2. The third-order valence-corrected chi connectivity index (χ3v) is 11.9. The fraction of sp³-hybridized carbons (Fsp3) is 0.444. The maximum atomic E-state index is 11.3. The lowest BCUT2D eigenvalue weighted by molar-refractivity contribution is -0.128. The molecule has 4 unspecified atom stereocenters. The minimum absolute atomic E-state index is 0.00874. The highest BCUT2D eigenvalue weighted by molar-refractivity contribution is 5.85. The van der Waals surface area contributed by atoms with Gasteiger partial charge in [-0.25, -0.2) is 0 Å². The third-order valence-electron chi connectivity index (χ3n) is 11.9. The standard InChI is InChI=1S/C45H53N3O9/c1-46-24-45(55-25-47-2)22-37-36-19-29(17-26-5-10-38-27(16-26)11-12-48-38)35-21-31(52)6-8-33(35)40(36)43-34(9-7-32(23-51)56-43)42(37)57-44(45)30-18-28(4-3-13-49)41(53)39(20-30)54-15-14-50/h5-6,8,10-11,16,18,20-21,29,32,44,46-47,49-53H,3-4,7,9,12-15,17,19,22-25H2,1-2H3. The summed E-state index contributed by atoms with van der Waals surface area (Å²) >= 11 is 0. The molecule has 12 nitrogen and oxygen atoms in total. The molecule has 0 radical (unpaired) electrons. The van der Waals surface area contributed by atoms with E-state index in [4.69, 9.17) is 18.9 Å². The largest absolute Gasteiger partial charge is 0.508 e. The highest BCUT2D eigenvalue weighted by Gasteiger charge is 2.50. The fourth-order valence-corrected chi connectivity index (χ4v) is 9.34. The Bertz CT molecular complexity index is 2230. The lowest BCUT2D eigenvalue weighted by Gasteiger charge is -2.47. The van der Waals surface area contributed by atoms with E-state index in [0.29, 0.717) is 62.9 Å². The Labute approximate surface area is 332 Å². The number of hydrogen-bond donors (Lipinski definition) is 7. The van der Waals surface area contributed by atoms with E-state index in [1.165, 1.54) is 5.56 Å². The highest BCUT2D eigenvalue weighted by Crippen LogP contribution is 2.57. The van der Waals surface area contributed by atoms with Crippen molar-refractivity contribution in [3.8, 4) is 39.9 Å². The van der Waals surface area contributed by atoms with Crippen LogP contribution in [0.3, 0.4) is 0 Å². The van der Waals surface area contributed by atoms with E-state index in [9.17, 15) is 25.5 Å². The average Bonchev–Trinajstić information content (AvgIpc) is 3.70. The molecule has 0 saturated carbocycles. The van der Waals surface area contributed by atoms with Crippen molar-refractivity contribution >= 4 is 6.08 Å². The first kappa shape index (κ1) is 39.2. The van der Waals surface area contributed by atoms with Crippen LogP contribution in [0.4, 0.5) is 0 Å². The molecule has 0 bridgehead atoms. The van der Waals surface area contributed by atoms with Gasteiger partial charge in [0.15, 0.2) is 17.6 Å². The smallest absolute Gasteiger partial charge is 0.161 e. The van der Waals surface area contributed by atoms with Gasteiger partial charge in [-0.1, -0.05) is 18.2 Å². The molecule has 4 atom stereocenters. The molecule has 4 aromatic carbocycles. The van der Waals surface area contributed by atoms with Crippen molar-refractivity contribution in [3.05, 3.63) is 98.1 Å². The van der Waals surface area contributed by atoms with Crippen LogP contribution in [0.5, 0.6) is 28.7 Å². The molecule has 3 aliphatic heterocycles. The topological polar surface area (TPSA) is 174 Å². The molecule has 0 spiro atoms. The summed E-state index contributed by atoms with van der Waals surface area (Å²) in [4.78, 5) is 4.59.